The van der Waals surface area contributed by atoms with Gasteiger partial charge in [0, 0.05) is 55.2 Å². The van der Waals surface area contributed by atoms with Crippen LogP contribution < -0.4 is 9.62 Å². The minimum atomic E-state index is -3.78. The van der Waals surface area contributed by atoms with Gasteiger partial charge in [0.25, 0.3) is 5.91 Å². The van der Waals surface area contributed by atoms with Crippen molar-refractivity contribution in [1.82, 2.24) is 24.6 Å². The summed E-state index contributed by atoms with van der Waals surface area (Å²) < 4.78 is 64.3. The SMILES string of the molecule is CNC(=O)c1c(-c2ccc(F)cc2)oc2cc(N(C)S(C)(=O)=O)c(-c3ccc4nc(CN5CC(C)(C)C5)n5c6cccc(F)c6cc5c4n3)cc12. The van der Waals surface area contributed by atoms with Gasteiger partial charge in [-0.05, 0) is 66.1 Å². The second kappa shape index (κ2) is 11.6. The van der Waals surface area contributed by atoms with Crippen molar-refractivity contribution in [1.29, 1.82) is 0 Å². The van der Waals surface area contributed by atoms with E-state index in [9.17, 15) is 17.6 Å². The maximum Gasteiger partial charge on any atom is 0.255 e. The Morgan fingerprint density at radius 3 is 2.41 bits per heavy atom. The zero-order valence-electron chi connectivity index (χ0n) is 28.6. The molecule has 51 heavy (non-hydrogen) atoms. The van der Waals surface area contributed by atoms with Crippen molar-refractivity contribution in [3.63, 3.8) is 0 Å². The van der Waals surface area contributed by atoms with Crippen LogP contribution >= 0.6 is 0 Å². The summed E-state index contributed by atoms with van der Waals surface area (Å²) in [6.07, 6.45) is 1.09. The summed E-state index contributed by atoms with van der Waals surface area (Å²) in [5.41, 5.74) is 4.60. The molecule has 1 amide bonds. The van der Waals surface area contributed by atoms with E-state index in [0.717, 1.165) is 29.5 Å². The first-order valence-electron chi connectivity index (χ1n) is 16.4. The van der Waals surface area contributed by atoms with Crippen LogP contribution in [0.4, 0.5) is 14.5 Å². The number of halogens is 2. The van der Waals surface area contributed by atoms with Crippen LogP contribution in [-0.4, -0.2) is 67.0 Å². The van der Waals surface area contributed by atoms with E-state index in [-0.39, 0.29) is 33.8 Å². The van der Waals surface area contributed by atoms with E-state index in [1.807, 2.05) is 16.5 Å². The predicted molar refractivity (Wildman–Crippen MR) is 194 cm³/mol. The maximum atomic E-state index is 15.2. The van der Waals surface area contributed by atoms with Crippen LogP contribution in [0, 0.1) is 17.0 Å². The number of nitrogens with one attached hydrogen (secondary N) is 1. The number of rotatable bonds is 7. The Labute approximate surface area is 292 Å². The molecule has 0 bridgehead atoms. The summed E-state index contributed by atoms with van der Waals surface area (Å²) >= 11 is 0. The van der Waals surface area contributed by atoms with Gasteiger partial charge < -0.3 is 9.73 Å². The molecule has 0 radical (unpaired) electrons. The number of benzene rings is 3. The van der Waals surface area contributed by atoms with Crippen molar-refractivity contribution in [3.05, 3.63) is 95.8 Å². The molecule has 1 N–H and O–H groups in total. The lowest BCUT2D eigenvalue weighted by Gasteiger charge is -2.45. The van der Waals surface area contributed by atoms with E-state index in [2.05, 4.69) is 24.1 Å². The van der Waals surface area contributed by atoms with Gasteiger partial charge >= 0.3 is 0 Å². The largest absolute Gasteiger partial charge is 0.455 e. The third-order valence-corrected chi connectivity index (χ3v) is 10.8. The van der Waals surface area contributed by atoms with E-state index >= 15 is 4.39 Å². The van der Waals surface area contributed by atoms with Crippen LogP contribution in [0.25, 0.3) is 61.0 Å². The standard InChI is InChI=1S/C38H34F2N6O4S/c1-38(2)19-45(20-38)18-33-42-28-14-13-27(43-35(28)31-16-23-26(40)7-6-8-29(23)46(31)33)24-15-25-32(17-30(24)44(4)51(5,48)49)50-36(34(25)37(47)41-3)21-9-11-22(39)12-10-21/h6-17H,18-20H2,1-5H3,(H,41,47). The van der Waals surface area contributed by atoms with Gasteiger partial charge in [-0.15, -0.1) is 0 Å². The summed E-state index contributed by atoms with van der Waals surface area (Å²) in [6.45, 7) is 6.82. The lowest BCUT2D eigenvalue weighted by molar-refractivity contribution is 0.0220. The number of carbonyl (C=O) groups excluding carboxylic acids is 1. The second-order valence-electron chi connectivity index (χ2n) is 13.9. The average Bonchev–Trinajstić information content (AvgIpc) is 3.66. The van der Waals surface area contributed by atoms with Crippen LogP contribution in [0.3, 0.4) is 0 Å². The van der Waals surface area contributed by atoms with E-state index in [4.69, 9.17) is 14.4 Å². The number of hydrogen-bond acceptors (Lipinski definition) is 7. The highest BCUT2D eigenvalue weighted by atomic mass is 32.2. The smallest absolute Gasteiger partial charge is 0.255 e. The summed E-state index contributed by atoms with van der Waals surface area (Å²) in [7, 11) is -0.858. The molecule has 260 valence electrons. The minimum Gasteiger partial charge on any atom is -0.455 e. The maximum absolute atomic E-state index is 15.2. The van der Waals surface area contributed by atoms with Crippen molar-refractivity contribution < 1.29 is 26.4 Å². The zero-order valence-corrected chi connectivity index (χ0v) is 29.4. The first-order valence-corrected chi connectivity index (χ1v) is 18.2. The van der Waals surface area contributed by atoms with Gasteiger partial charge in [-0.25, -0.2) is 27.2 Å². The van der Waals surface area contributed by atoms with E-state index in [0.29, 0.717) is 56.2 Å². The second-order valence-corrected chi connectivity index (χ2v) is 15.9. The highest BCUT2D eigenvalue weighted by molar-refractivity contribution is 7.92. The fraction of sp³-hybridized carbons (Fsp3) is 0.237. The first kappa shape index (κ1) is 32.8. The molecule has 1 aliphatic rings. The number of carbonyl (C=O) groups is 1. The Morgan fingerprint density at radius 1 is 0.980 bits per heavy atom. The van der Waals surface area contributed by atoms with Gasteiger partial charge in [-0.3, -0.25) is 18.4 Å². The fourth-order valence-electron chi connectivity index (χ4n) is 7.23. The highest BCUT2D eigenvalue weighted by Crippen LogP contribution is 2.42. The van der Waals surface area contributed by atoms with Gasteiger partial charge in [-0.2, -0.15) is 0 Å². The Hall–Kier alpha value is -5.40. The van der Waals surface area contributed by atoms with Crippen molar-refractivity contribution in [2.45, 2.75) is 20.4 Å². The Kier molecular flexibility index (Phi) is 7.44. The zero-order chi connectivity index (χ0) is 36.0. The molecular weight excluding hydrogens is 675 g/mol. The summed E-state index contributed by atoms with van der Waals surface area (Å²) in [5, 5.41) is 3.50. The molecule has 7 aromatic rings. The third-order valence-electron chi connectivity index (χ3n) is 9.56. The van der Waals surface area contributed by atoms with Gasteiger partial charge in [0.15, 0.2) is 0 Å². The van der Waals surface area contributed by atoms with Crippen molar-refractivity contribution in [2.75, 3.05) is 37.7 Å². The molecule has 1 fully saturated rings. The van der Waals surface area contributed by atoms with Crippen molar-refractivity contribution in [2.24, 2.45) is 5.41 Å². The number of amides is 1. The number of aromatic nitrogens is 3. The Bertz CT molecular complexity index is 2680. The molecule has 0 unspecified atom stereocenters. The summed E-state index contributed by atoms with van der Waals surface area (Å²) in [4.78, 5) is 25.8. The van der Waals surface area contributed by atoms with Crippen LogP contribution in [0.5, 0.6) is 0 Å². The normalized spacial score (nSPS) is 14.8. The number of hydrogen-bond donors (Lipinski definition) is 1. The molecule has 0 spiro atoms. The quantitative estimate of drug-likeness (QED) is 0.190. The summed E-state index contributed by atoms with van der Waals surface area (Å²) in [6, 6.07) is 19.1. The third kappa shape index (κ3) is 5.47. The molecule has 0 atom stereocenters. The van der Waals surface area contributed by atoms with Gasteiger partial charge in [-0.1, -0.05) is 19.9 Å². The van der Waals surface area contributed by atoms with E-state index in [1.54, 1.807) is 30.3 Å². The number of sulfonamides is 1. The number of pyridine rings is 1. The molecule has 0 saturated carbocycles. The number of anilines is 1. The highest BCUT2D eigenvalue weighted by Gasteiger charge is 2.35. The van der Waals surface area contributed by atoms with Crippen molar-refractivity contribution >= 4 is 60.0 Å². The lowest BCUT2D eigenvalue weighted by atomic mass is 9.84. The molecule has 5 heterocycles. The molecule has 13 heteroatoms. The average molecular weight is 709 g/mol. The topological polar surface area (TPSA) is 113 Å². The van der Waals surface area contributed by atoms with Crippen LogP contribution in [0.2, 0.25) is 0 Å². The van der Waals surface area contributed by atoms with Crippen molar-refractivity contribution in [3.8, 4) is 22.6 Å². The molecule has 8 rings (SSSR count). The Morgan fingerprint density at radius 2 is 1.73 bits per heavy atom. The summed E-state index contributed by atoms with van der Waals surface area (Å²) in [5.74, 6) is -0.300. The molecule has 3 aromatic carbocycles. The molecule has 1 aliphatic heterocycles. The number of nitrogens with zero attached hydrogens (tertiary/aromatic N) is 5. The van der Waals surface area contributed by atoms with E-state index < -0.39 is 21.7 Å². The van der Waals surface area contributed by atoms with Crippen LogP contribution in [0.15, 0.2) is 77.2 Å². The molecule has 1 saturated heterocycles. The molecule has 0 aliphatic carbocycles. The molecule has 10 nitrogen and oxygen atoms in total. The number of furan rings is 1. The van der Waals surface area contributed by atoms with Crippen LogP contribution in [0.1, 0.15) is 30.0 Å². The van der Waals surface area contributed by atoms with E-state index in [1.165, 1.54) is 44.4 Å². The lowest BCUT2D eigenvalue weighted by Crippen LogP contribution is -2.52. The molecule has 4 aromatic heterocycles. The minimum absolute atomic E-state index is 0.200. The number of likely N-dealkylation sites (tertiary alicyclic amines) is 1. The van der Waals surface area contributed by atoms with Gasteiger partial charge in [0.1, 0.15) is 34.3 Å². The Balaban J connectivity index is 1.39. The van der Waals surface area contributed by atoms with Gasteiger partial charge in [0.05, 0.1) is 46.3 Å². The van der Waals surface area contributed by atoms with Gasteiger partial charge in [0.2, 0.25) is 10.0 Å². The fourth-order valence-corrected chi connectivity index (χ4v) is 7.74. The predicted octanol–water partition coefficient (Wildman–Crippen LogP) is 6.99. The monoisotopic (exact) mass is 708 g/mol. The number of fused-ring (bicyclic) bond motifs is 6. The van der Waals surface area contributed by atoms with Crippen LogP contribution in [-0.2, 0) is 16.6 Å². The molecular formula is C38H34F2N6O4S. The first-order chi connectivity index (χ1) is 24.2.